The Kier molecular flexibility index (Phi) is 4.65. The van der Waals surface area contributed by atoms with Crippen molar-refractivity contribution < 1.29 is 9.53 Å². The van der Waals surface area contributed by atoms with Crippen LogP contribution in [0.4, 0.5) is 5.95 Å². The van der Waals surface area contributed by atoms with Gasteiger partial charge in [0.15, 0.2) is 11.5 Å². The molecular weight excluding hydrogens is 394 g/mol. The van der Waals surface area contributed by atoms with E-state index in [1.54, 1.807) is 13.3 Å². The van der Waals surface area contributed by atoms with E-state index in [1.165, 1.54) is 0 Å². The number of nitrogens with one attached hydrogen (secondary N) is 2. The molecule has 5 rings (SSSR count). The van der Waals surface area contributed by atoms with E-state index in [0.29, 0.717) is 23.1 Å². The van der Waals surface area contributed by atoms with Gasteiger partial charge in [0.05, 0.1) is 29.8 Å². The second-order valence-corrected chi connectivity index (χ2v) is 7.95. The molecule has 1 amide bonds. The highest BCUT2D eigenvalue weighted by molar-refractivity contribution is 6.11. The first kappa shape index (κ1) is 19.2. The molecule has 9 nitrogen and oxygen atoms in total. The Hall–Kier alpha value is -3.75. The van der Waals surface area contributed by atoms with Gasteiger partial charge in [0, 0.05) is 17.7 Å². The van der Waals surface area contributed by atoms with Crippen molar-refractivity contribution in [2.24, 2.45) is 0 Å². The highest BCUT2D eigenvalue weighted by atomic mass is 16.5. The zero-order chi connectivity index (χ0) is 21.5. The maximum absolute atomic E-state index is 13.2. The quantitative estimate of drug-likeness (QED) is 0.492. The summed E-state index contributed by atoms with van der Waals surface area (Å²) < 4.78 is 7.23. The number of H-pyrrole nitrogens is 1. The number of hydrogen-bond donors (Lipinski definition) is 2. The molecule has 1 aromatic carbocycles. The summed E-state index contributed by atoms with van der Waals surface area (Å²) >= 11 is 0. The fourth-order valence-electron chi connectivity index (χ4n) is 3.64. The number of para-hydroxylation sites is 1. The van der Waals surface area contributed by atoms with Gasteiger partial charge in [-0.05, 0) is 44.9 Å². The monoisotopic (exact) mass is 417 g/mol. The van der Waals surface area contributed by atoms with Gasteiger partial charge in [-0.1, -0.05) is 12.1 Å². The van der Waals surface area contributed by atoms with Crippen LogP contribution in [0.1, 0.15) is 54.7 Å². The van der Waals surface area contributed by atoms with E-state index in [2.05, 4.69) is 25.6 Å². The first-order valence-electron chi connectivity index (χ1n) is 10.3. The lowest BCUT2D eigenvalue weighted by atomic mass is 10.1. The van der Waals surface area contributed by atoms with Crippen LogP contribution < -0.4 is 10.1 Å². The summed E-state index contributed by atoms with van der Waals surface area (Å²) in [5, 5.41) is 15.0. The molecule has 4 aromatic rings. The van der Waals surface area contributed by atoms with Gasteiger partial charge < -0.3 is 4.74 Å². The third-order valence-electron chi connectivity index (χ3n) is 5.39. The number of ether oxygens (including phenoxy) is 1. The van der Waals surface area contributed by atoms with Gasteiger partial charge in [-0.2, -0.15) is 10.1 Å². The first-order valence-corrected chi connectivity index (χ1v) is 10.3. The lowest BCUT2D eigenvalue weighted by Gasteiger charge is -2.09. The topological polar surface area (TPSA) is 111 Å². The van der Waals surface area contributed by atoms with Crippen molar-refractivity contribution in [2.45, 2.75) is 38.6 Å². The van der Waals surface area contributed by atoms with Crippen LogP contribution in [0.15, 0.2) is 36.5 Å². The standard InChI is InChI=1S/C22H23N7O2/c1-12(2)29-20-16(11-23-29)15(10-17(24-20)13-8-9-13)21(30)26-22-25-19(27-28-22)14-6-4-5-7-18(14)31-3/h4-7,10-13H,8-9H2,1-3H3,(H2,25,26,27,28,30). The normalized spacial score (nSPS) is 13.7. The maximum Gasteiger partial charge on any atom is 0.258 e. The van der Waals surface area contributed by atoms with Crippen LogP contribution in [-0.4, -0.2) is 43.0 Å². The Bertz CT molecular complexity index is 1270. The van der Waals surface area contributed by atoms with Crippen molar-refractivity contribution in [3.8, 4) is 17.1 Å². The number of carbonyl (C=O) groups excluding carboxylic acids is 1. The van der Waals surface area contributed by atoms with Gasteiger partial charge in [0.1, 0.15) is 5.75 Å². The van der Waals surface area contributed by atoms with E-state index in [4.69, 9.17) is 9.72 Å². The molecule has 3 aromatic heterocycles. The number of nitrogens with zero attached hydrogens (tertiary/aromatic N) is 5. The highest BCUT2D eigenvalue weighted by Crippen LogP contribution is 2.40. The lowest BCUT2D eigenvalue weighted by molar-refractivity contribution is 0.102. The third kappa shape index (κ3) is 3.52. The molecule has 31 heavy (non-hydrogen) atoms. The summed E-state index contributed by atoms with van der Waals surface area (Å²) in [6.07, 6.45) is 3.89. The molecular formula is C22H23N7O2. The fourth-order valence-corrected chi connectivity index (χ4v) is 3.64. The Morgan fingerprint density at radius 2 is 2.06 bits per heavy atom. The summed E-state index contributed by atoms with van der Waals surface area (Å²) in [7, 11) is 1.60. The smallest absolute Gasteiger partial charge is 0.258 e. The highest BCUT2D eigenvalue weighted by Gasteiger charge is 2.28. The summed E-state index contributed by atoms with van der Waals surface area (Å²) in [6.45, 7) is 4.09. The number of fused-ring (bicyclic) bond motifs is 1. The predicted molar refractivity (Wildman–Crippen MR) is 116 cm³/mol. The molecule has 0 aliphatic heterocycles. The number of rotatable bonds is 6. The first-order chi connectivity index (χ1) is 15.0. The molecule has 1 aliphatic rings. The maximum atomic E-state index is 13.2. The zero-order valence-corrected chi connectivity index (χ0v) is 17.6. The van der Waals surface area contributed by atoms with Gasteiger partial charge in [-0.25, -0.2) is 9.67 Å². The number of aromatic nitrogens is 6. The second-order valence-electron chi connectivity index (χ2n) is 7.95. The number of carbonyl (C=O) groups is 1. The molecule has 1 fully saturated rings. The number of benzene rings is 1. The number of hydrogen-bond acceptors (Lipinski definition) is 6. The van der Waals surface area contributed by atoms with E-state index < -0.39 is 0 Å². The van der Waals surface area contributed by atoms with E-state index >= 15 is 0 Å². The molecule has 9 heteroatoms. The average Bonchev–Trinajstić information content (AvgIpc) is 3.37. The van der Waals surface area contributed by atoms with Crippen LogP contribution in [-0.2, 0) is 0 Å². The van der Waals surface area contributed by atoms with E-state index in [1.807, 2.05) is 48.9 Å². The van der Waals surface area contributed by atoms with Crippen molar-refractivity contribution in [3.63, 3.8) is 0 Å². The number of methoxy groups -OCH3 is 1. The molecule has 0 unspecified atom stereocenters. The van der Waals surface area contributed by atoms with Crippen LogP contribution in [0.3, 0.4) is 0 Å². The molecule has 1 saturated carbocycles. The van der Waals surface area contributed by atoms with Crippen LogP contribution in [0.2, 0.25) is 0 Å². The molecule has 0 spiro atoms. The lowest BCUT2D eigenvalue weighted by Crippen LogP contribution is -2.15. The minimum atomic E-state index is -0.289. The van der Waals surface area contributed by atoms with Gasteiger partial charge in [-0.15, -0.1) is 5.10 Å². The Morgan fingerprint density at radius 3 is 2.81 bits per heavy atom. The van der Waals surface area contributed by atoms with Crippen molar-refractivity contribution in [3.05, 3.63) is 47.8 Å². The van der Waals surface area contributed by atoms with Crippen molar-refractivity contribution >= 4 is 22.9 Å². The van der Waals surface area contributed by atoms with E-state index in [-0.39, 0.29) is 17.9 Å². The third-order valence-corrected chi connectivity index (χ3v) is 5.39. The molecule has 3 heterocycles. The molecule has 158 valence electrons. The molecule has 0 atom stereocenters. The molecule has 0 radical (unpaired) electrons. The number of amides is 1. The van der Waals surface area contributed by atoms with Crippen molar-refractivity contribution in [1.29, 1.82) is 0 Å². The predicted octanol–water partition coefficient (Wildman–Crippen LogP) is 3.94. The zero-order valence-electron chi connectivity index (χ0n) is 17.6. The van der Waals surface area contributed by atoms with E-state index in [9.17, 15) is 4.79 Å². The van der Waals surface area contributed by atoms with Gasteiger partial charge in [-0.3, -0.25) is 15.2 Å². The van der Waals surface area contributed by atoms with Crippen LogP contribution in [0, 0.1) is 0 Å². The number of pyridine rings is 1. The second kappa shape index (κ2) is 7.50. The Balaban J connectivity index is 1.48. The van der Waals surface area contributed by atoms with E-state index in [0.717, 1.165) is 35.1 Å². The molecule has 1 aliphatic carbocycles. The molecule has 0 saturated heterocycles. The average molecular weight is 417 g/mol. The summed E-state index contributed by atoms with van der Waals surface area (Å²) in [6, 6.07) is 9.50. The molecule has 2 N–H and O–H groups in total. The Labute approximate surface area is 178 Å². The van der Waals surface area contributed by atoms with Crippen molar-refractivity contribution in [1.82, 2.24) is 29.9 Å². The van der Waals surface area contributed by atoms with Gasteiger partial charge in [0.2, 0.25) is 5.95 Å². The summed E-state index contributed by atoms with van der Waals surface area (Å²) in [5.41, 5.74) is 2.96. The molecule has 0 bridgehead atoms. The fraction of sp³-hybridized carbons (Fsp3) is 0.318. The Morgan fingerprint density at radius 1 is 1.26 bits per heavy atom. The van der Waals surface area contributed by atoms with Crippen LogP contribution in [0.5, 0.6) is 5.75 Å². The van der Waals surface area contributed by atoms with Crippen LogP contribution in [0.25, 0.3) is 22.4 Å². The van der Waals surface area contributed by atoms with Crippen LogP contribution >= 0.6 is 0 Å². The summed E-state index contributed by atoms with van der Waals surface area (Å²) in [4.78, 5) is 22.4. The number of anilines is 1. The largest absolute Gasteiger partial charge is 0.496 e. The number of aromatic amines is 1. The SMILES string of the molecule is COc1ccccc1-c1nc(NC(=O)c2cc(C3CC3)nc3c2cnn3C(C)C)n[nH]1. The summed E-state index contributed by atoms with van der Waals surface area (Å²) in [5.74, 6) is 1.50. The van der Waals surface area contributed by atoms with Gasteiger partial charge >= 0.3 is 0 Å². The minimum absolute atomic E-state index is 0.145. The van der Waals surface area contributed by atoms with Gasteiger partial charge in [0.25, 0.3) is 5.91 Å². The minimum Gasteiger partial charge on any atom is -0.496 e. The van der Waals surface area contributed by atoms with Crippen molar-refractivity contribution in [2.75, 3.05) is 12.4 Å².